The molecule has 1 N–H and O–H groups in total. The highest BCUT2D eigenvalue weighted by atomic mass is 15.1. The molecule has 0 aromatic carbocycles. The highest BCUT2D eigenvalue weighted by Crippen LogP contribution is 2.30. The molecular formula is C19H26N6. The van der Waals surface area contributed by atoms with E-state index in [0.717, 1.165) is 54.4 Å². The maximum Gasteiger partial charge on any atom is 0.150 e. The van der Waals surface area contributed by atoms with Crippen molar-refractivity contribution in [1.29, 1.82) is 0 Å². The van der Waals surface area contributed by atoms with Crippen molar-refractivity contribution in [1.82, 2.24) is 24.4 Å². The summed E-state index contributed by atoms with van der Waals surface area (Å²) >= 11 is 0. The molecule has 6 nitrogen and oxygen atoms in total. The molecule has 0 radical (unpaired) electrons. The fourth-order valence-electron chi connectivity index (χ4n) is 3.21. The minimum Gasteiger partial charge on any atom is -0.368 e. The van der Waals surface area contributed by atoms with E-state index in [-0.39, 0.29) is 0 Å². The summed E-state index contributed by atoms with van der Waals surface area (Å²) < 4.78 is 2.15. The van der Waals surface area contributed by atoms with Gasteiger partial charge in [0.05, 0.1) is 17.3 Å². The van der Waals surface area contributed by atoms with Gasteiger partial charge in [0, 0.05) is 25.0 Å². The van der Waals surface area contributed by atoms with E-state index in [1.54, 1.807) is 12.5 Å². The molecule has 6 heteroatoms. The molecule has 0 fully saturated rings. The van der Waals surface area contributed by atoms with Crippen molar-refractivity contribution in [2.45, 2.75) is 27.7 Å². The third kappa shape index (κ3) is 3.35. The second-order valence-corrected chi connectivity index (χ2v) is 6.13. The Morgan fingerprint density at radius 2 is 1.96 bits per heavy atom. The number of likely N-dealkylation sites (N-methyl/N-ethyl adjacent to an activating group) is 1. The van der Waals surface area contributed by atoms with E-state index >= 15 is 0 Å². The maximum atomic E-state index is 4.55. The fourth-order valence-corrected chi connectivity index (χ4v) is 3.21. The Morgan fingerprint density at radius 3 is 2.64 bits per heavy atom. The number of rotatable bonds is 7. The van der Waals surface area contributed by atoms with Crippen LogP contribution in [0.2, 0.25) is 0 Å². The summed E-state index contributed by atoms with van der Waals surface area (Å²) in [5.74, 6) is 0.903. The Morgan fingerprint density at radius 1 is 1.16 bits per heavy atom. The summed E-state index contributed by atoms with van der Waals surface area (Å²) in [4.78, 5) is 15.7. The molecule has 0 bridgehead atoms. The maximum absolute atomic E-state index is 4.55. The molecule has 0 aliphatic carbocycles. The summed E-state index contributed by atoms with van der Waals surface area (Å²) in [7, 11) is 0. The van der Waals surface area contributed by atoms with Crippen molar-refractivity contribution < 1.29 is 0 Å². The number of hydrogen-bond donors (Lipinski definition) is 1. The predicted octanol–water partition coefficient (Wildman–Crippen LogP) is 3.19. The van der Waals surface area contributed by atoms with E-state index in [9.17, 15) is 0 Å². The number of pyridine rings is 1. The van der Waals surface area contributed by atoms with Gasteiger partial charge < -0.3 is 10.2 Å². The van der Waals surface area contributed by atoms with Gasteiger partial charge in [-0.2, -0.15) is 0 Å². The molecule has 0 spiro atoms. The summed E-state index contributed by atoms with van der Waals surface area (Å²) in [5.41, 5.74) is 4.30. The summed E-state index contributed by atoms with van der Waals surface area (Å²) in [6.45, 7) is 12.6. The molecule has 0 saturated heterocycles. The molecule has 3 aromatic rings. The first-order chi connectivity index (χ1) is 12.2. The van der Waals surface area contributed by atoms with Gasteiger partial charge >= 0.3 is 0 Å². The fraction of sp³-hybridized carbons (Fsp3) is 0.421. The summed E-state index contributed by atoms with van der Waals surface area (Å²) in [6.07, 6.45) is 5.28. The van der Waals surface area contributed by atoms with Crippen molar-refractivity contribution in [2.24, 2.45) is 0 Å². The first-order valence-electron chi connectivity index (χ1n) is 8.86. The number of hydrogen-bond acceptors (Lipinski definition) is 5. The monoisotopic (exact) mass is 338 g/mol. The lowest BCUT2D eigenvalue weighted by molar-refractivity contribution is 0.316. The molecule has 0 amide bonds. The third-order valence-corrected chi connectivity index (χ3v) is 4.81. The van der Waals surface area contributed by atoms with Crippen LogP contribution in [0, 0.1) is 13.8 Å². The summed E-state index contributed by atoms with van der Waals surface area (Å²) in [5, 5.41) is 4.58. The molecule has 3 heterocycles. The van der Waals surface area contributed by atoms with Crippen LogP contribution in [0.1, 0.15) is 25.1 Å². The van der Waals surface area contributed by atoms with E-state index in [2.05, 4.69) is 63.5 Å². The molecule has 0 aliphatic rings. The average Bonchev–Trinajstić information content (AvgIpc) is 2.91. The summed E-state index contributed by atoms with van der Waals surface area (Å²) in [6, 6.07) is 3.99. The molecule has 0 saturated carbocycles. The van der Waals surface area contributed by atoms with Gasteiger partial charge in [-0.15, -0.1) is 0 Å². The molecule has 0 atom stereocenters. The normalized spacial score (nSPS) is 11.4. The van der Waals surface area contributed by atoms with Crippen LogP contribution in [0.3, 0.4) is 0 Å². The zero-order valence-corrected chi connectivity index (χ0v) is 15.5. The van der Waals surface area contributed by atoms with Gasteiger partial charge in [0.25, 0.3) is 0 Å². The van der Waals surface area contributed by atoms with Gasteiger partial charge in [-0.25, -0.2) is 9.97 Å². The smallest absolute Gasteiger partial charge is 0.150 e. The van der Waals surface area contributed by atoms with Crippen molar-refractivity contribution >= 4 is 16.9 Å². The van der Waals surface area contributed by atoms with E-state index in [1.807, 2.05) is 12.3 Å². The second-order valence-electron chi connectivity index (χ2n) is 6.13. The van der Waals surface area contributed by atoms with Crippen LogP contribution in [0.4, 0.5) is 5.82 Å². The van der Waals surface area contributed by atoms with Gasteiger partial charge in [0.2, 0.25) is 0 Å². The van der Waals surface area contributed by atoms with Gasteiger partial charge in [-0.1, -0.05) is 13.8 Å². The van der Waals surface area contributed by atoms with Crippen molar-refractivity contribution in [3.05, 3.63) is 42.1 Å². The predicted molar refractivity (Wildman–Crippen MR) is 102 cm³/mol. The largest absolute Gasteiger partial charge is 0.368 e. The molecular weight excluding hydrogens is 312 g/mol. The molecule has 0 aliphatic heterocycles. The second kappa shape index (κ2) is 7.61. The molecule has 3 rings (SSSR count). The van der Waals surface area contributed by atoms with Crippen LogP contribution in [-0.4, -0.2) is 50.6 Å². The Balaban J connectivity index is 1.97. The van der Waals surface area contributed by atoms with E-state index in [1.165, 1.54) is 5.56 Å². The first kappa shape index (κ1) is 17.4. The van der Waals surface area contributed by atoms with Crippen molar-refractivity contribution in [3.8, 4) is 5.69 Å². The van der Waals surface area contributed by atoms with E-state index in [4.69, 9.17) is 0 Å². The van der Waals surface area contributed by atoms with Crippen LogP contribution in [0.25, 0.3) is 16.7 Å². The molecule has 3 aromatic heterocycles. The SMILES string of the molecule is CCN(CC)CCNc1ncnc2c1c(C)c(C)n2-c1cccnc1. The van der Waals surface area contributed by atoms with Crippen LogP contribution in [0.15, 0.2) is 30.9 Å². The Labute approximate surface area is 148 Å². The molecule has 25 heavy (non-hydrogen) atoms. The van der Waals surface area contributed by atoms with Crippen molar-refractivity contribution in [2.75, 3.05) is 31.5 Å². The number of nitrogens with one attached hydrogen (secondary N) is 1. The van der Waals surface area contributed by atoms with Crippen LogP contribution < -0.4 is 5.32 Å². The Bertz CT molecular complexity index is 836. The molecule has 132 valence electrons. The quantitative estimate of drug-likeness (QED) is 0.717. The van der Waals surface area contributed by atoms with Gasteiger partial charge in [-0.3, -0.25) is 9.55 Å². The standard InChI is InChI=1S/C19H26N6/c1-5-24(6-2)11-10-21-18-17-14(3)15(4)25(19(17)23-13-22-18)16-8-7-9-20-12-16/h7-9,12-13H,5-6,10-11H2,1-4H3,(H,21,22,23). The Hall–Kier alpha value is -2.47. The van der Waals surface area contributed by atoms with Crippen molar-refractivity contribution in [3.63, 3.8) is 0 Å². The third-order valence-electron chi connectivity index (χ3n) is 4.81. The van der Waals surface area contributed by atoms with Crippen LogP contribution in [0.5, 0.6) is 0 Å². The van der Waals surface area contributed by atoms with Crippen LogP contribution in [-0.2, 0) is 0 Å². The van der Waals surface area contributed by atoms with Gasteiger partial charge in [0.1, 0.15) is 12.1 Å². The lowest BCUT2D eigenvalue weighted by atomic mass is 10.2. The first-order valence-corrected chi connectivity index (χ1v) is 8.86. The molecule has 0 unspecified atom stereocenters. The van der Waals surface area contributed by atoms with Crippen LogP contribution >= 0.6 is 0 Å². The minimum absolute atomic E-state index is 0.865. The number of fused-ring (bicyclic) bond motifs is 1. The number of nitrogens with zero attached hydrogens (tertiary/aromatic N) is 5. The van der Waals surface area contributed by atoms with Gasteiger partial charge in [-0.05, 0) is 44.6 Å². The topological polar surface area (TPSA) is 58.9 Å². The zero-order chi connectivity index (χ0) is 17.8. The number of aryl methyl sites for hydroxylation is 1. The van der Waals surface area contributed by atoms with E-state index in [0.29, 0.717) is 0 Å². The van der Waals surface area contributed by atoms with E-state index < -0.39 is 0 Å². The average molecular weight is 338 g/mol. The number of anilines is 1. The highest BCUT2D eigenvalue weighted by Gasteiger charge is 2.17. The Kier molecular flexibility index (Phi) is 5.28. The number of aromatic nitrogens is 4. The minimum atomic E-state index is 0.865. The lowest BCUT2D eigenvalue weighted by Crippen LogP contribution is -2.28. The zero-order valence-electron chi connectivity index (χ0n) is 15.5. The lowest BCUT2D eigenvalue weighted by Gasteiger charge is -2.18. The van der Waals surface area contributed by atoms with Gasteiger partial charge in [0.15, 0.2) is 5.65 Å². The highest BCUT2D eigenvalue weighted by molar-refractivity contribution is 5.93.